The van der Waals surface area contributed by atoms with E-state index in [-0.39, 0.29) is 11.8 Å². The maximum atomic E-state index is 12.2. The van der Waals surface area contributed by atoms with Gasteiger partial charge in [-0.1, -0.05) is 124 Å². The van der Waals surface area contributed by atoms with Crippen molar-refractivity contribution in [1.82, 2.24) is 20.9 Å². The molecule has 0 atom stereocenters. The first-order chi connectivity index (χ1) is 19.1. The molecule has 6 heteroatoms. The number of carbonyl (C=O) groups is 2. The van der Waals surface area contributed by atoms with Crippen molar-refractivity contribution in [2.24, 2.45) is 0 Å². The summed E-state index contributed by atoms with van der Waals surface area (Å²) in [5.41, 5.74) is 0. The Kier molecular flexibility index (Phi) is 30.5. The van der Waals surface area contributed by atoms with Crippen LogP contribution in [0.25, 0.3) is 0 Å². The molecule has 0 spiro atoms. The molecule has 0 aliphatic rings. The van der Waals surface area contributed by atoms with Crippen LogP contribution in [0.5, 0.6) is 0 Å². The minimum atomic E-state index is 0.186. The Bertz CT molecular complexity index is 530. The van der Waals surface area contributed by atoms with Crippen LogP contribution >= 0.6 is 0 Å². The molecule has 0 aromatic rings. The molecule has 0 rings (SSSR count). The predicted octanol–water partition coefficient (Wildman–Crippen LogP) is 7.36. The second-order valence-corrected chi connectivity index (χ2v) is 11.4. The van der Waals surface area contributed by atoms with Crippen molar-refractivity contribution in [1.29, 1.82) is 0 Å². The summed E-state index contributed by atoms with van der Waals surface area (Å²) in [7, 11) is 0. The summed E-state index contributed by atoms with van der Waals surface area (Å²) in [6.07, 6.45) is 25.5. The fourth-order valence-corrected chi connectivity index (χ4v) is 5.03. The standard InChI is InChI=1S/C33H68N4O2/c1-4-7-9-11-13-15-17-19-21-23-32(38)35-26-25-34-27-30-37(29-6-3)31-28-36-33(39)24-22-20-18-16-14-12-10-8-5-2/h34H,4-31H2,1-3H3,(H,35,38)(H,36,39). The largest absolute Gasteiger partial charge is 0.355 e. The second kappa shape index (κ2) is 31.4. The van der Waals surface area contributed by atoms with Crippen LogP contribution in [0.1, 0.15) is 156 Å². The minimum absolute atomic E-state index is 0.186. The van der Waals surface area contributed by atoms with E-state index in [1.165, 1.54) is 103 Å². The average molecular weight is 553 g/mol. The molecule has 0 saturated heterocycles. The SMILES string of the molecule is CCCCCCCCCCCC(=O)NCCNCCN(CCC)CCNC(=O)CCCCCCCCCCC. The molecule has 0 heterocycles. The average Bonchev–Trinajstić information content (AvgIpc) is 2.93. The van der Waals surface area contributed by atoms with Gasteiger partial charge in [0.2, 0.25) is 11.8 Å². The number of rotatable bonds is 31. The number of carbonyl (C=O) groups excluding carboxylic acids is 2. The fourth-order valence-electron chi connectivity index (χ4n) is 5.03. The van der Waals surface area contributed by atoms with Gasteiger partial charge in [0.05, 0.1) is 0 Å². The number of hydrogen-bond acceptors (Lipinski definition) is 4. The van der Waals surface area contributed by atoms with Gasteiger partial charge in [0.1, 0.15) is 0 Å². The summed E-state index contributed by atoms with van der Waals surface area (Å²) in [5, 5.41) is 9.60. The highest BCUT2D eigenvalue weighted by atomic mass is 16.2. The Morgan fingerprint density at radius 3 is 1.31 bits per heavy atom. The lowest BCUT2D eigenvalue weighted by atomic mass is 10.1. The van der Waals surface area contributed by atoms with E-state index in [9.17, 15) is 9.59 Å². The topological polar surface area (TPSA) is 73.5 Å². The molecule has 232 valence electrons. The van der Waals surface area contributed by atoms with Gasteiger partial charge in [-0.05, 0) is 25.8 Å². The second-order valence-electron chi connectivity index (χ2n) is 11.4. The van der Waals surface area contributed by atoms with Crippen molar-refractivity contribution in [2.45, 2.75) is 156 Å². The highest BCUT2D eigenvalue weighted by Gasteiger charge is 2.06. The normalized spacial score (nSPS) is 11.3. The summed E-state index contributed by atoms with van der Waals surface area (Å²) < 4.78 is 0. The lowest BCUT2D eigenvalue weighted by Crippen LogP contribution is -2.40. The Morgan fingerprint density at radius 2 is 0.846 bits per heavy atom. The van der Waals surface area contributed by atoms with E-state index < -0.39 is 0 Å². The first-order valence-corrected chi connectivity index (χ1v) is 17.1. The van der Waals surface area contributed by atoms with Crippen LogP contribution in [-0.2, 0) is 9.59 Å². The van der Waals surface area contributed by atoms with E-state index in [4.69, 9.17) is 0 Å². The van der Waals surface area contributed by atoms with Crippen molar-refractivity contribution in [2.75, 3.05) is 45.8 Å². The molecule has 2 amide bonds. The molecule has 0 bridgehead atoms. The van der Waals surface area contributed by atoms with E-state index in [1.807, 2.05) is 0 Å². The quantitative estimate of drug-likeness (QED) is 0.0786. The number of hydrogen-bond donors (Lipinski definition) is 3. The van der Waals surface area contributed by atoms with Crippen LogP contribution in [0.15, 0.2) is 0 Å². The molecule has 0 aliphatic heterocycles. The molecule has 3 N–H and O–H groups in total. The Balaban J connectivity index is 3.60. The van der Waals surface area contributed by atoms with Crippen LogP contribution in [-0.4, -0.2) is 62.5 Å². The van der Waals surface area contributed by atoms with Gasteiger partial charge in [-0.2, -0.15) is 0 Å². The van der Waals surface area contributed by atoms with Crippen molar-refractivity contribution < 1.29 is 9.59 Å². The van der Waals surface area contributed by atoms with Gasteiger partial charge in [0.15, 0.2) is 0 Å². The van der Waals surface area contributed by atoms with Gasteiger partial charge in [-0.15, -0.1) is 0 Å². The number of unbranched alkanes of at least 4 members (excludes halogenated alkanes) is 16. The lowest BCUT2D eigenvalue weighted by Gasteiger charge is -2.22. The number of nitrogens with one attached hydrogen (secondary N) is 3. The molecule has 0 aliphatic carbocycles. The molecule has 39 heavy (non-hydrogen) atoms. The van der Waals surface area contributed by atoms with Crippen molar-refractivity contribution in [3.05, 3.63) is 0 Å². The van der Waals surface area contributed by atoms with Crippen molar-refractivity contribution in [3.63, 3.8) is 0 Å². The van der Waals surface area contributed by atoms with E-state index in [1.54, 1.807) is 0 Å². The van der Waals surface area contributed by atoms with Crippen LogP contribution in [0.2, 0.25) is 0 Å². The molecule has 0 saturated carbocycles. The zero-order valence-corrected chi connectivity index (χ0v) is 26.6. The zero-order chi connectivity index (χ0) is 28.7. The Labute approximate surface area is 243 Å². The minimum Gasteiger partial charge on any atom is -0.355 e. The summed E-state index contributed by atoms with van der Waals surface area (Å²) in [5.74, 6) is 0.385. The van der Waals surface area contributed by atoms with Gasteiger partial charge < -0.3 is 20.9 Å². The van der Waals surface area contributed by atoms with Crippen molar-refractivity contribution in [3.8, 4) is 0 Å². The summed E-state index contributed by atoms with van der Waals surface area (Å²) in [6, 6.07) is 0. The maximum absolute atomic E-state index is 12.2. The van der Waals surface area contributed by atoms with E-state index in [0.29, 0.717) is 19.4 Å². The molecule has 6 nitrogen and oxygen atoms in total. The number of amides is 2. The molecular weight excluding hydrogens is 484 g/mol. The van der Waals surface area contributed by atoms with Crippen LogP contribution in [0.4, 0.5) is 0 Å². The summed E-state index contributed by atoms with van der Waals surface area (Å²) in [4.78, 5) is 26.6. The van der Waals surface area contributed by atoms with Crippen LogP contribution in [0.3, 0.4) is 0 Å². The smallest absolute Gasteiger partial charge is 0.220 e. The first-order valence-electron chi connectivity index (χ1n) is 17.1. The predicted molar refractivity (Wildman–Crippen MR) is 169 cm³/mol. The summed E-state index contributed by atoms with van der Waals surface area (Å²) >= 11 is 0. The first kappa shape index (κ1) is 37.9. The van der Waals surface area contributed by atoms with Gasteiger partial charge in [-0.3, -0.25) is 9.59 Å². The molecule has 0 aromatic carbocycles. The fraction of sp³-hybridized carbons (Fsp3) is 0.939. The molecule has 0 fully saturated rings. The molecule has 0 unspecified atom stereocenters. The lowest BCUT2D eigenvalue weighted by molar-refractivity contribution is -0.122. The molecule has 0 radical (unpaired) electrons. The highest BCUT2D eigenvalue weighted by Crippen LogP contribution is 2.11. The van der Waals surface area contributed by atoms with E-state index >= 15 is 0 Å². The third kappa shape index (κ3) is 29.7. The van der Waals surface area contributed by atoms with Crippen LogP contribution < -0.4 is 16.0 Å². The van der Waals surface area contributed by atoms with E-state index in [2.05, 4.69) is 41.6 Å². The zero-order valence-electron chi connectivity index (χ0n) is 26.6. The molecular formula is C33H68N4O2. The van der Waals surface area contributed by atoms with Gasteiger partial charge in [0.25, 0.3) is 0 Å². The van der Waals surface area contributed by atoms with Gasteiger partial charge >= 0.3 is 0 Å². The Hall–Kier alpha value is -1.14. The maximum Gasteiger partial charge on any atom is 0.220 e. The number of nitrogens with zero attached hydrogens (tertiary/aromatic N) is 1. The third-order valence-electron chi connectivity index (χ3n) is 7.53. The Morgan fingerprint density at radius 1 is 0.436 bits per heavy atom. The third-order valence-corrected chi connectivity index (χ3v) is 7.53. The van der Waals surface area contributed by atoms with E-state index in [0.717, 1.165) is 58.5 Å². The van der Waals surface area contributed by atoms with Gasteiger partial charge in [-0.25, -0.2) is 0 Å². The summed E-state index contributed by atoms with van der Waals surface area (Å²) in [6.45, 7) is 12.8. The monoisotopic (exact) mass is 553 g/mol. The van der Waals surface area contributed by atoms with Crippen molar-refractivity contribution >= 4 is 11.8 Å². The molecule has 0 aromatic heterocycles. The van der Waals surface area contributed by atoms with Crippen LogP contribution in [0, 0.1) is 0 Å². The van der Waals surface area contributed by atoms with Gasteiger partial charge in [0, 0.05) is 52.1 Å². The highest BCUT2D eigenvalue weighted by molar-refractivity contribution is 5.76.